The fourth-order valence-electron chi connectivity index (χ4n) is 1.50. The fourth-order valence-corrected chi connectivity index (χ4v) is 1.66. The van der Waals surface area contributed by atoms with Crippen LogP contribution >= 0.6 is 11.6 Å². The van der Waals surface area contributed by atoms with E-state index >= 15 is 0 Å². The minimum atomic E-state index is -0.513. The second-order valence-electron chi connectivity index (χ2n) is 3.09. The summed E-state index contributed by atoms with van der Waals surface area (Å²) in [6, 6.07) is 2.75. The Kier molecular flexibility index (Phi) is 2.04. The van der Waals surface area contributed by atoms with Crippen LogP contribution in [-0.2, 0) is 0 Å². The van der Waals surface area contributed by atoms with Gasteiger partial charge in [0.2, 0.25) is 0 Å². The van der Waals surface area contributed by atoms with E-state index < -0.39 is 5.82 Å². The molecule has 2 nitrogen and oxygen atoms in total. The van der Waals surface area contributed by atoms with Gasteiger partial charge in [-0.25, -0.2) is 4.39 Å². The summed E-state index contributed by atoms with van der Waals surface area (Å²) in [4.78, 5) is 13.7. The summed E-state index contributed by atoms with van der Waals surface area (Å²) < 4.78 is 13.1. The van der Waals surface area contributed by atoms with Gasteiger partial charge in [0.25, 0.3) is 0 Å². The van der Waals surface area contributed by atoms with E-state index in [4.69, 9.17) is 11.6 Å². The van der Waals surface area contributed by atoms with Crippen molar-refractivity contribution in [1.82, 2.24) is 4.98 Å². The average molecular weight is 212 g/mol. The minimum Gasteiger partial charge on any atom is -0.358 e. The van der Waals surface area contributed by atoms with Crippen LogP contribution < -0.4 is 0 Å². The van der Waals surface area contributed by atoms with E-state index in [2.05, 4.69) is 4.98 Å². The van der Waals surface area contributed by atoms with E-state index in [0.29, 0.717) is 22.8 Å². The molecule has 0 unspecified atom stereocenters. The van der Waals surface area contributed by atoms with Gasteiger partial charge >= 0.3 is 0 Å². The molecule has 1 aromatic heterocycles. The summed E-state index contributed by atoms with van der Waals surface area (Å²) in [6.45, 7) is 1.76. The van der Waals surface area contributed by atoms with Crippen LogP contribution in [0.4, 0.5) is 4.39 Å². The van der Waals surface area contributed by atoms with Gasteiger partial charge in [0.05, 0.1) is 5.02 Å². The van der Waals surface area contributed by atoms with Gasteiger partial charge in [0.15, 0.2) is 6.29 Å². The average Bonchev–Trinajstić information content (AvgIpc) is 2.42. The van der Waals surface area contributed by atoms with Gasteiger partial charge < -0.3 is 4.98 Å². The molecule has 72 valence electrons. The number of benzene rings is 1. The quantitative estimate of drug-likeness (QED) is 0.723. The first kappa shape index (κ1) is 9.21. The molecular weight excluding hydrogens is 205 g/mol. The Morgan fingerprint density at radius 2 is 2.21 bits per heavy atom. The Morgan fingerprint density at radius 3 is 2.86 bits per heavy atom. The van der Waals surface area contributed by atoms with E-state index in [0.717, 1.165) is 5.69 Å². The highest BCUT2D eigenvalue weighted by atomic mass is 35.5. The Hall–Kier alpha value is -1.35. The lowest BCUT2D eigenvalue weighted by Gasteiger charge is -1.94. The fraction of sp³-hybridized carbons (Fsp3) is 0.100. The van der Waals surface area contributed by atoms with E-state index in [1.165, 1.54) is 12.1 Å². The molecule has 1 N–H and O–H groups in total. The zero-order valence-corrected chi connectivity index (χ0v) is 8.15. The molecule has 4 heteroatoms. The Labute approximate surface area is 84.7 Å². The molecule has 0 bridgehead atoms. The molecule has 0 spiro atoms. The van der Waals surface area contributed by atoms with Gasteiger partial charge in [-0.15, -0.1) is 0 Å². The van der Waals surface area contributed by atoms with Crippen LogP contribution in [0, 0.1) is 12.7 Å². The topological polar surface area (TPSA) is 32.9 Å². The van der Waals surface area contributed by atoms with Crippen LogP contribution in [0.1, 0.15) is 16.1 Å². The van der Waals surface area contributed by atoms with E-state index in [9.17, 15) is 9.18 Å². The van der Waals surface area contributed by atoms with Crippen molar-refractivity contribution in [2.45, 2.75) is 6.92 Å². The third-order valence-electron chi connectivity index (χ3n) is 2.19. The molecule has 1 heterocycles. The summed E-state index contributed by atoms with van der Waals surface area (Å²) in [7, 11) is 0. The van der Waals surface area contributed by atoms with Gasteiger partial charge in [-0.2, -0.15) is 0 Å². The Morgan fingerprint density at radius 1 is 1.50 bits per heavy atom. The van der Waals surface area contributed by atoms with Gasteiger partial charge in [0.1, 0.15) is 5.82 Å². The second kappa shape index (κ2) is 3.10. The van der Waals surface area contributed by atoms with Crippen molar-refractivity contribution in [3.8, 4) is 0 Å². The van der Waals surface area contributed by atoms with Crippen LogP contribution in [0.5, 0.6) is 0 Å². The van der Waals surface area contributed by atoms with Gasteiger partial charge in [-0.3, -0.25) is 4.79 Å². The number of hydrogen-bond acceptors (Lipinski definition) is 1. The van der Waals surface area contributed by atoms with Gasteiger partial charge in [-0.05, 0) is 19.1 Å². The molecule has 0 saturated carbocycles. The predicted octanol–water partition coefficient (Wildman–Crippen LogP) is 3.08. The number of carbonyl (C=O) groups is 1. The van der Waals surface area contributed by atoms with Crippen molar-refractivity contribution >= 4 is 28.8 Å². The molecular formula is C10H7ClFNO. The number of halogens is 2. The van der Waals surface area contributed by atoms with Crippen molar-refractivity contribution in [3.63, 3.8) is 0 Å². The third kappa shape index (κ3) is 1.21. The summed E-state index contributed by atoms with van der Waals surface area (Å²) in [5.74, 6) is -0.513. The summed E-state index contributed by atoms with van der Waals surface area (Å²) >= 11 is 5.61. The molecule has 14 heavy (non-hydrogen) atoms. The summed E-state index contributed by atoms with van der Waals surface area (Å²) in [5.41, 5.74) is 1.88. The van der Waals surface area contributed by atoms with Crippen molar-refractivity contribution < 1.29 is 9.18 Å². The lowest BCUT2D eigenvalue weighted by Crippen LogP contribution is -1.81. The van der Waals surface area contributed by atoms with E-state index in [1.54, 1.807) is 6.92 Å². The maximum absolute atomic E-state index is 13.1. The number of H-pyrrole nitrogens is 1. The molecule has 2 aromatic rings. The normalized spacial score (nSPS) is 10.8. The highest BCUT2D eigenvalue weighted by Crippen LogP contribution is 2.26. The molecule has 2 rings (SSSR count). The second-order valence-corrected chi connectivity index (χ2v) is 3.50. The van der Waals surface area contributed by atoms with Crippen LogP contribution in [0.25, 0.3) is 10.9 Å². The number of rotatable bonds is 1. The van der Waals surface area contributed by atoms with Crippen LogP contribution in [0.2, 0.25) is 5.02 Å². The van der Waals surface area contributed by atoms with Crippen LogP contribution in [0.3, 0.4) is 0 Å². The molecule has 0 aliphatic carbocycles. The minimum absolute atomic E-state index is 0.0520. The number of aldehydes is 1. The monoisotopic (exact) mass is 211 g/mol. The Bertz CT molecular complexity index is 518. The Balaban J connectivity index is 2.89. The number of aromatic nitrogens is 1. The highest BCUT2D eigenvalue weighted by molar-refractivity contribution is 6.31. The molecule has 1 aromatic carbocycles. The molecule has 0 aliphatic heterocycles. The lowest BCUT2D eigenvalue weighted by atomic mass is 10.1. The maximum atomic E-state index is 13.1. The summed E-state index contributed by atoms with van der Waals surface area (Å²) in [5, 5.41) is 0.621. The van der Waals surface area contributed by atoms with E-state index in [-0.39, 0.29) is 5.02 Å². The highest BCUT2D eigenvalue weighted by Gasteiger charge is 2.10. The summed E-state index contributed by atoms with van der Waals surface area (Å²) in [6.07, 6.45) is 0.710. The third-order valence-corrected chi connectivity index (χ3v) is 2.48. The smallest absolute Gasteiger partial charge is 0.152 e. The van der Waals surface area contributed by atoms with E-state index in [1.807, 2.05) is 0 Å². The van der Waals surface area contributed by atoms with Crippen molar-refractivity contribution in [2.75, 3.05) is 0 Å². The molecule has 0 amide bonds. The lowest BCUT2D eigenvalue weighted by molar-refractivity contribution is 0.112. The van der Waals surface area contributed by atoms with Crippen LogP contribution in [-0.4, -0.2) is 11.3 Å². The SMILES string of the molecule is Cc1[nH]c2cc(Cl)c(F)cc2c1C=O. The number of nitrogens with one attached hydrogen (secondary N) is 1. The number of fused-ring (bicyclic) bond motifs is 1. The largest absolute Gasteiger partial charge is 0.358 e. The number of hydrogen-bond donors (Lipinski definition) is 1. The first-order valence-corrected chi connectivity index (χ1v) is 4.44. The number of aryl methyl sites for hydroxylation is 1. The van der Waals surface area contributed by atoms with Crippen molar-refractivity contribution in [1.29, 1.82) is 0 Å². The van der Waals surface area contributed by atoms with Gasteiger partial charge in [-0.1, -0.05) is 11.6 Å². The van der Waals surface area contributed by atoms with Gasteiger partial charge in [0, 0.05) is 22.2 Å². The standard InChI is InChI=1S/C10H7ClFNO/c1-5-7(4-14)6-2-9(12)8(11)3-10(6)13-5/h2-4,13H,1H3. The molecule has 0 aliphatic rings. The first-order chi connectivity index (χ1) is 6.63. The van der Waals surface area contributed by atoms with Crippen molar-refractivity contribution in [3.05, 3.63) is 34.2 Å². The van der Waals surface area contributed by atoms with Crippen molar-refractivity contribution in [2.24, 2.45) is 0 Å². The molecule has 0 fully saturated rings. The molecule has 0 atom stereocenters. The number of aromatic amines is 1. The zero-order valence-electron chi connectivity index (χ0n) is 7.40. The zero-order chi connectivity index (χ0) is 10.3. The first-order valence-electron chi connectivity index (χ1n) is 4.06. The maximum Gasteiger partial charge on any atom is 0.152 e. The number of carbonyl (C=O) groups excluding carboxylic acids is 1. The van der Waals surface area contributed by atoms with Crippen LogP contribution in [0.15, 0.2) is 12.1 Å². The molecule has 0 saturated heterocycles. The predicted molar refractivity (Wildman–Crippen MR) is 53.4 cm³/mol. The molecule has 0 radical (unpaired) electrons.